The van der Waals surface area contributed by atoms with Crippen molar-refractivity contribution in [2.24, 2.45) is 5.73 Å². The number of carbonyl (C=O) groups excluding carboxylic acids is 1. The summed E-state index contributed by atoms with van der Waals surface area (Å²) in [6.45, 7) is 6.28. The SMILES string of the molecule is CCCCC/C=C\C/C=C\CCCCCCCCN(CCCCCCCC/C=C\C/C=C\CCCCC)NC(=O)[C@@H](N)Cc1cnc[nH]1. The van der Waals surface area contributed by atoms with E-state index in [9.17, 15) is 4.79 Å². The summed E-state index contributed by atoms with van der Waals surface area (Å²) in [7, 11) is 0. The predicted octanol–water partition coefficient (Wildman–Crippen LogP) is 11.2. The number of hydrazine groups is 1. The molecule has 6 heteroatoms. The van der Waals surface area contributed by atoms with E-state index >= 15 is 0 Å². The third-order valence-corrected chi connectivity index (χ3v) is 8.86. The first-order valence-corrected chi connectivity index (χ1v) is 20.1. The van der Waals surface area contributed by atoms with E-state index in [-0.39, 0.29) is 5.91 Å². The van der Waals surface area contributed by atoms with E-state index in [0.717, 1.165) is 44.5 Å². The molecule has 0 aliphatic rings. The number of unbranched alkanes of at least 4 members (excludes halogenated alkanes) is 18. The van der Waals surface area contributed by atoms with Gasteiger partial charge in [0, 0.05) is 31.4 Å². The molecule has 0 bridgehead atoms. The highest BCUT2D eigenvalue weighted by Crippen LogP contribution is 2.11. The number of nitrogens with two attached hydrogens (primary N) is 1. The highest BCUT2D eigenvalue weighted by molar-refractivity contribution is 5.81. The second kappa shape index (κ2) is 34.4. The van der Waals surface area contributed by atoms with Crippen molar-refractivity contribution >= 4 is 5.91 Å². The van der Waals surface area contributed by atoms with Gasteiger partial charge in [0.05, 0.1) is 12.4 Å². The number of allylic oxidation sites excluding steroid dienone is 8. The van der Waals surface area contributed by atoms with Gasteiger partial charge in [0.15, 0.2) is 0 Å². The van der Waals surface area contributed by atoms with Gasteiger partial charge in [-0.1, -0.05) is 140 Å². The van der Waals surface area contributed by atoms with Crippen LogP contribution in [0.15, 0.2) is 61.1 Å². The molecule has 1 amide bonds. The van der Waals surface area contributed by atoms with Crippen molar-refractivity contribution in [3.63, 3.8) is 0 Å². The molecule has 0 aliphatic heterocycles. The van der Waals surface area contributed by atoms with Crippen molar-refractivity contribution in [2.45, 2.75) is 180 Å². The molecule has 0 spiro atoms. The predicted molar refractivity (Wildman–Crippen MR) is 209 cm³/mol. The molecule has 1 aromatic rings. The van der Waals surface area contributed by atoms with Gasteiger partial charge in [-0.05, 0) is 77.0 Å². The molecule has 0 unspecified atom stereocenters. The van der Waals surface area contributed by atoms with Crippen LogP contribution in [0.25, 0.3) is 0 Å². The zero-order chi connectivity index (χ0) is 34.6. The van der Waals surface area contributed by atoms with Gasteiger partial charge in [0.25, 0.3) is 5.91 Å². The molecule has 274 valence electrons. The lowest BCUT2D eigenvalue weighted by atomic mass is 10.1. The molecule has 0 fully saturated rings. The number of aromatic amines is 1. The number of rotatable bonds is 34. The second-order valence-electron chi connectivity index (χ2n) is 13.5. The average molecular weight is 666 g/mol. The van der Waals surface area contributed by atoms with E-state index in [1.807, 2.05) is 0 Å². The van der Waals surface area contributed by atoms with Crippen molar-refractivity contribution in [1.29, 1.82) is 0 Å². The van der Waals surface area contributed by atoms with Crippen molar-refractivity contribution in [2.75, 3.05) is 13.1 Å². The van der Waals surface area contributed by atoms with Crippen LogP contribution in [0.5, 0.6) is 0 Å². The number of hydrogen-bond acceptors (Lipinski definition) is 4. The standard InChI is InChI=1S/C42H75N5O/c1-3-5-7-9-11-13-15-17-19-21-23-25-27-29-31-33-35-47(46-42(48)41(43)37-40-38-44-39-45-40)36-34-32-30-28-26-24-22-20-18-16-14-12-10-8-6-4-2/h11-14,17-20,38-39,41H,3-10,15-16,21-37,43H2,1-2H3,(H,44,45)(H,46,48)/b13-11-,14-12-,19-17-,20-18-/t41-/m0/s1. The molecule has 0 aromatic carbocycles. The topological polar surface area (TPSA) is 87.0 Å². The van der Waals surface area contributed by atoms with Crippen LogP contribution < -0.4 is 11.2 Å². The summed E-state index contributed by atoms with van der Waals surface area (Å²) >= 11 is 0. The van der Waals surface area contributed by atoms with Crippen LogP contribution in [0, 0.1) is 0 Å². The maximum absolute atomic E-state index is 12.9. The van der Waals surface area contributed by atoms with E-state index < -0.39 is 6.04 Å². The fraction of sp³-hybridized carbons (Fsp3) is 0.714. The lowest BCUT2D eigenvalue weighted by molar-refractivity contribution is -0.127. The average Bonchev–Trinajstić information content (AvgIpc) is 3.60. The van der Waals surface area contributed by atoms with Gasteiger partial charge < -0.3 is 10.7 Å². The molecule has 0 radical (unpaired) electrons. The van der Waals surface area contributed by atoms with E-state index in [4.69, 9.17) is 5.73 Å². The Morgan fingerprint density at radius 1 is 0.667 bits per heavy atom. The molecular weight excluding hydrogens is 590 g/mol. The minimum absolute atomic E-state index is 0.107. The van der Waals surface area contributed by atoms with Crippen LogP contribution in [0.2, 0.25) is 0 Å². The summed E-state index contributed by atoms with van der Waals surface area (Å²) in [5.74, 6) is -0.107. The van der Waals surface area contributed by atoms with Crippen LogP contribution in [-0.4, -0.2) is 40.0 Å². The summed E-state index contributed by atoms with van der Waals surface area (Å²) in [6.07, 6.45) is 52.2. The third kappa shape index (κ3) is 28.6. The summed E-state index contributed by atoms with van der Waals surface area (Å²) in [5, 5.41) is 2.13. The first-order valence-electron chi connectivity index (χ1n) is 20.1. The quantitative estimate of drug-likeness (QED) is 0.0388. The first-order chi connectivity index (χ1) is 23.7. The van der Waals surface area contributed by atoms with Crippen molar-refractivity contribution < 1.29 is 4.79 Å². The van der Waals surface area contributed by atoms with Gasteiger partial charge >= 0.3 is 0 Å². The van der Waals surface area contributed by atoms with Gasteiger partial charge in [-0.2, -0.15) is 0 Å². The van der Waals surface area contributed by atoms with Crippen LogP contribution in [0.4, 0.5) is 0 Å². The van der Waals surface area contributed by atoms with Gasteiger partial charge in [0.1, 0.15) is 0 Å². The first kappa shape index (κ1) is 43.6. The largest absolute Gasteiger partial charge is 0.348 e. The maximum Gasteiger partial charge on any atom is 0.251 e. The molecule has 0 saturated heterocycles. The van der Waals surface area contributed by atoms with Gasteiger partial charge in [-0.3, -0.25) is 10.2 Å². The maximum atomic E-state index is 12.9. The van der Waals surface area contributed by atoms with Crippen molar-refractivity contribution in [1.82, 2.24) is 20.4 Å². The van der Waals surface area contributed by atoms with E-state index in [1.54, 1.807) is 12.5 Å². The molecule has 0 saturated carbocycles. The molecule has 48 heavy (non-hydrogen) atoms. The molecule has 4 N–H and O–H groups in total. The number of hydrogen-bond donors (Lipinski definition) is 3. The number of amides is 1. The van der Waals surface area contributed by atoms with Gasteiger partial charge in [0.2, 0.25) is 0 Å². The molecular formula is C42H75N5O. The second-order valence-corrected chi connectivity index (χ2v) is 13.5. The number of nitrogens with zero attached hydrogens (tertiary/aromatic N) is 2. The molecule has 1 heterocycles. The zero-order valence-corrected chi connectivity index (χ0v) is 31.3. The van der Waals surface area contributed by atoms with E-state index in [2.05, 4.69) is 82.9 Å². The Morgan fingerprint density at radius 3 is 1.50 bits per heavy atom. The van der Waals surface area contributed by atoms with Crippen molar-refractivity contribution in [3.05, 3.63) is 66.8 Å². The minimum Gasteiger partial charge on any atom is -0.348 e. The van der Waals surface area contributed by atoms with Crippen LogP contribution >= 0.6 is 0 Å². The Balaban J connectivity index is 2.21. The molecule has 1 aromatic heterocycles. The number of aromatic nitrogens is 2. The smallest absolute Gasteiger partial charge is 0.251 e. The Morgan fingerprint density at radius 2 is 1.08 bits per heavy atom. The summed E-state index contributed by atoms with van der Waals surface area (Å²) in [6, 6.07) is -0.584. The summed E-state index contributed by atoms with van der Waals surface area (Å²) in [4.78, 5) is 20.0. The fourth-order valence-electron chi connectivity index (χ4n) is 5.77. The molecule has 1 rings (SSSR count). The third-order valence-electron chi connectivity index (χ3n) is 8.86. The Hall–Kier alpha value is -2.44. The highest BCUT2D eigenvalue weighted by atomic mass is 16.2. The zero-order valence-electron chi connectivity index (χ0n) is 31.3. The Kier molecular flexibility index (Phi) is 31.3. The summed E-state index contributed by atoms with van der Waals surface area (Å²) in [5.41, 5.74) is 10.3. The summed E-state index contributed by atoms with van der Waals surface area (Å²) < 4.78 is 0. The molecule has 0 aliphatic carbocycles. The molecule has 6 nitrogen and oxygen atoms in total. The van der Waals surface area contributed by atoms with Gasteiger partial charge in [-0.15, -0.1) is 0 Å². The number of H-pyrrole nitrogens is 1. The van der Waals surface area contributed by atoms with Gasteiger partial charge in [-0.25, -0.2) is 9.99 Å². The van der Waals surface area contributed by atoms with Crippen molar-refractivity contribution in [3.8, 4) is 0 Å². The van der Waals surface area contributed by atoms with Crippen LogP contribution in [-0.2, 0) is 11.2 Å². The monoisotopic (exact) mass is 666 g/mol. The number of imidazole rings is 1. The van der Waals surface area contributed by atoms with Crippen LogP contribution in [0.1, 0.15) is 174 Å². The highest BCUT2D eigenvalue weighted by Gasteiger charge is 2.17. The Bertz CT molecular complexity index is 888. The normalized spacial score (nSPS) is 12.9. The lowest BCUT2D eigenvalue weighted by Gasteiger charge is -2.25. The van der Waals surface area contributed by atoms with E-state index in [1.165, 1.54) is 128 Å². The fourth-order valence-corrected chi connectivity index (χ4v) is 5.77. The lowest BCUT2D eigenvalue weighted by Crippen LogP contribution is -2.51. The molecule has 1 atom stereocenters. The van der Waals surface area contributed by atoms with E-state index in [0.29, 0.717) is 6.42 Å². The van der Waals surface area contributed by atoms with Crippen LogP contribution in [0.3, 0.4) is 0 Å². The number of nitrogens with one attached hydrogen (secondary N) is 2. The minimum atomic E-state index is -0.584. The number of carbonyl (C=O) groups is 1. The Labute approximate surface area is 296 Å².